The van der Waals surface area contributed by atoms with Crippen LogP contribution in [0.1, 0.15) is 0 Å². The molecule has 2 nitrogen and oxygen atoms in total. The molecule has 22 heavy (non-hydrogen) atoms. The second kappa shape index (κ2) is 5.65. The van der Waals surface area contributed by atoms with E-state index in [1.54, 1.807) is 0 Å². The Morgan fingerprint density at radius 3 is 1.05 bits per heavy atom. The van der Waals surface area contributed by atoms with Crippen molar-refractivity contribution in [1.29, 1.82) is 0 Å². The molecule has 0 saturated heterocycles. The third kappa shape index (κ3) is 2.24. The maximum atomic E-state index is 13.9. The SMILES string of the molecule is Oc1c(F)c(F)c(F)c(-c2c(F)c(F)c(F)c(O)c2Br)c1Br. The summed E-state index contributed by atoms with van der Waals surface area (Å²) in [5.41, 5.74) is -2.29. The molecule has 0 aliphatic rings. The molecule has 10 heteroatoms. The standard InChI is InChI=1S/C12H2Br2F6O2/c13-3-1(5(15)7(17)9(19)11(3)21)2-4(14)12(22)10(20)8(18)6(2)16/h21-22H. The first kappa shape index (κ1) is 16.9. The van der Waals surface area contributed by atoms with E-state index in [0.29, 0.717) is 0 Å². The van der Waals surface area contributed by atoms with Crippen LogP contribution in [-0.4, -0.2) is 10.2 Å². The molecule has 0 aromatic heterocycles. The predicted molar refractivity (Wildman–Crippen MR) is 70.4 cm³/mol. The van der Waals surface area contributed by atoms with Crippen LogP contribution in [0, 0.1) is 34.9 Å². The Morgan fingerprint density at radius 2 is 0.773 bits per heavy atom. The fourth-order valence-electron chi connectivity index (χ4n) is 1.68. The molecule has 0 aliphatic carbocycles. The number of benzene rings is 2. The lowest BCUT2D eigenvalue weighted by Gasteiger charge is -2.14. The van der Waals surface area contributed by atoms with E-state index >= 15 is 0 Å². The van der Waals surface area contributed by atoms with E-state index in [2.05, 4.69) is 31.9 Å². The molecular formula is C12H2Br2F6O2. The summed E-state index contributed by atoms with van der Waals surface area (Å²) in [5.74, 6) is -15.0. The molecular weight excluding hydrogens is 450 g/mol. The fourth-order valence-corrected chi connectivity index (χ4v) is 2.77. The largest absolute Gasteiger partial charge is 0.504 e. The maximum Gasteiger partial charge on any atom is 0.204 e. The van der Waals surface area contributed by atoms with Crippen LogP contribution in [0.15, 0.2) is 8.95 Å². The molecule has 118 valence electrons. The Balaban J connectivity index is 3.03. The summed E-state index contributed by atoms with van der Waals surface area (Å²) in [5, 5.41) is 18.7. The summed E-state index contributed by atoms with van der Waals surface area (Å²) < 4.78 is 79.1. The Morgan fingerprint density at radius 1 is 0.500 bits per heavy atom. The van der Waals surface area contributed by atoms with Gasteiger partial charge in [0.2, 0.25) is 11.6 Å². The molecule has 0 unspecified atom stereocenters. The summed E-state index contributed by atoms with van der Waals surface area (Å²) in [6.45, 7) is 0. The monoisotopic (exact) mass is 450 g/mol. The lowest BCUT2D eigenvalue weighted by Crippen LogP contribution is -2.03. The molecule has 0 heterocycles. The van der Waals surface area contributed by atoms with Gasteiger partial charge in [-0.1, -0.05) is 0 Å². The first-order valence-corrected chi connectivity index (χ1v) is 6.80. The second-order valence-corrected chi connectivity index (χ2v) is 5.55. The topological polar surface area (TPSA) is 40.5 Å². The zero-order valence-corrected chi connectivity index (χ0v) is 13.1. The zero-order chi connectivity index (χ0) is 16.9. The third-order valence-electron chi connectivity index (χ3n) is 2.73. The van der Waals surface area contributed by atoms with Crippen molar-refractivity contribution in [2.45, 2.75) is 0 Å². The molecule has 0 bridgehead atoms. The maximum absolute atomic E-state index is 13.9. The van der Waals surface area contributed by atoms with Crippen molar-refractivity contribution in [3.05, 3.63) is 43.8 Å². The highest BCUT2D eigenvalue weighted by Crippen LogP contribution is 2.47. The van der Waals surface area contributed by atoms with E-state index < -0.39 is 66.5 Å². The van der Waals surface area contributed by atoms with Crippen LogP contribution in [0.4, 0.5) is 26.3 Å². The van der Waals surface area contributed by atoms with Crippen LogP contribution in [0.3, 0.4) is 0 Å². The Kier molecular flexibility index (Phi) is 4.35. The van der Waals surface area contributed by atoms with Crippen molar-refractivity contribution >= 4 is 31.9 Å². The minimum atomic E-state index is -2.16. The Labute approximate surface area is 135 Å². The highest BCUT2D eigenvalue weighted by molar-refractivity contribution is 9.11. The van der Waals surface area contributed by atoms with Gasteiger partial charge in [0.25, 0.3) is 0 Å². The summed E-state index contributed by atoms with van der Waals surface area (Å²) in [4.78, 5) is 0. The molecule has 0 fully saturated rings. The molecule has 2 aromatic carbocycles. The van der Waals surface area contributed by atoms with E-state index in [0.717, 1.165) is 0 Å². The third-order valence-corrected chi connectivity index (χ3v) is 4.27. The van der Waals surface area contributed by atoms with Crippen molar-refractivity contribution in [2.75, 3.05) is 0 Å². The van der Waals surface area contributed by atoms with Crippen LogP contribution in [0.2, 0.25) is 0 Å². The van der Waals surface area contributed by atoms with Crippen molar-refractivity contribution < 1.29 is 36.6 Å². The highest BCUT2D eigenvalue weighted by atomic mass is 79.9. The zero-order valence-electron chi connectivity index (χ0n) is 9.92. The van der Waals surface area contributed by atoms with Gasteiger partial charge in [-0.05, 0) is 31.9 Å². The number of phenolic OH excluding ortho intramolecular Hbond substituents is 2. The van der Waals surface area contributed by atoms with Gasteiger partial charge in [0.15, 0.2) is 34.8 Å². The molecule has 2 aromatic rings. The number of phenols is 2. The average molecular weight is 452 g/mol. The van der Waals surface area contributed by atoms with Gasteiger partial charge >= 0.3 is 0 Å². The number of halogens is 8. The average Bonchev–Trinajstić information content (AvgIpc) is 2.50. The van der Waals surface area contributed by atoms with Crippen molar-refractivity contribution in [3.8, 4) is 22.6 Å². The summed E-state index contributed by atoms with van der Waals surface area (Å²) >= 11 is 5.01. The normalized spacial score (nSPS) is 11.1. The Hall–Kier alpha value is -1.42. The number of aromatic hydroxyl groups is 2. The molecule has 0 saturated carbocycles. The van der Waals surface area contributed by atoms with Crippen molar-refractivity contribution in [2.24, 2.45) is 0 Å². The van der Waals surface area contributed by atoms with E-state index in [9.17, 15) is 36.6 Å². The predicted octanol–water partition coefficient (Wildman–Crippen LogP) is 5.12. The quantitative estimate of drug-likeness (QED) is 0.359. The van der Waals surface area contributed by atoms with Crippen LogP contribution in [0.25, 0.3) is 11.1 Å². The molecule has 2 rings (SSSR count). The molecule has 0 radical (unpaired) electrons. The van der Waals surface area contributed by atoms with Gasteiger partial charge in [-0.25, -0.2) is 17.6 Å². The number of rotatable bonds is 1. The number of hydrogen-bond acceptors (Lipinski definition) is 2. The molecule has 0 atom stereocenters. The number of hydrogen-bond donors (Lipinski definition) is 2. The molecule has 0 spiro atoms. The Bertz CT molecular complexity index is 684. The lowest BCUT2D eigenvalue weighted by molar-refractivity contribution is 0.380. The molecule has 2 N–H and O–H groups in total. The van der Waals surface area contributed by atoms with Gasteiger partial charge in [-0.2, -0.15) is 8.78 Å². The summed E-state index contributed by atoms with van der Waals surface area (Å²) in [7, 11) is 0. The first-order valence-electron chi connectivity index (χ1n) is 5.21. The van der Waals surface area contributed by atoms with Crippen molar-refractivity contribution in [3.63, 3.8) is 0 Å². The van der Waals surface area contributed by atoms with Crippen LogP contribution >= 0.6 is 31.9 Å². The lowest BCUT2D eigenvalue weighted by atomic mass is 10.0. The van der Waals surface area contributed by atoms with Gasteiger partial charge < -0.3 is 10.2 Å². The van der Waals surface area contributed by atoms with E-state index in [1.807, 2.05) is 0 Å². The first-order chi connectivity index (χ1) is 10.1. The van der Waals surface area contributed by atoms with Crippen LogP contribution in [-0.2, 0) is 0 Å². The van der Waals surface area contributed by atoms with Gasteiger partial charge in [0.1, 0.15) is 0 Å². The second-order valence-electron chi connectivity index (χ2n) is 3.96. The van der Waals surface area contributed by atoms with E-state index in [-0.39, 0.29) is 0 Å². The van der Waals surface area contributed by atoms with Gasteiger partial charge in [0.05, 0.1) is 8.95 Å². The minimum Gasteiger partial charge on any atom is -0.504 e. The smallest absolute Gasteiger partial charge is 0.204 e. The van der Waals surface area contributed by atoms with Crippen molar-refractivity contribution in [1.82, 2.24) is 0 Å². The van der Waals surface area contributed by atoms with E-state index in [4.69, 9.17) is 0 Å². The van der Waals surface area contributed by atoms with E-state index in [1.165, 1.54) is 0 Å². The van der Waals surface area contributed by atoms with Gasteiger partial charge in [0, 0.05) is 11.1 Å². The highest BCUT2D eigenvalue weighted by Gasteiger charge is 2.31. The summed E-state index contributed by atoms with van der Waals surface area (Å²) in [6, 6.07) is 0. The van der Waals surface area contributed by atoms with Crippen LogP contribution < -0.4 is 0 Å². The van der Waals surface area contributed by atoms with Crippen LogP contribution in [0.5, 0.6) is 11.5 Å². The molecule has 0 amide bonds. The van der Waals surface area contributed by atoms with Gasteiger partial charge in [-0.15, -0.1) is 0 Å². The fraction of sp³-hybridized carbons (Fsp3) is 0. The summed E-state index contributed by atoms with van der Waals surface area (Å²) in [6.07, 6.45) is 0. The molecule has 0 aliphatic heterocycles. The minimum absolute atomic E-state index is 0.853. The van der Waals surface area contributed by atoms with Gasteiger partial charge in [-0.3, -0.25) is 0 Å².